The predicted octanol–water partition coefficient (Wildman–Crippen LogP) is 1.95. The van der Waals surface area contributed by atoms with Crippen LogP contribution < -0.4 is 4.72 Å². The summed E-state index contributed by atoms with van der Waals surface area (Å²) in [4.78, 5) is 3.75. The summed E-state index contributed by atoms with van der Waals surface area (Å²) in [6.07, 6.45) is 1.90. The Kier molecular flexibility index (Phi) is 3.79. The molecule has 96 valence electrons. The maximum Gasteiger partial charge on any atom is 0.265 e. The van der Waals surface area contributed by atoms with Crippen LogP contribution in [0.15, 0.2) is 23.2 Å². The van der Waals surface area contributed by atoms with E-state index in [0.717, 1.165) is 5.01 Å². The molecule has 0 aliphatic rings. The van der Waals surface area contributed by atoms with Gasteiger partial charge in [0.2, 0.25) is 5.13 Å². The van der Waals surface area contributed by atoms with E-state index in [4.69, 9.17) is 11.6 Å². The molecule has 2 aromatic rings. The van der Waals surface area contributed by atoms with E-state index in [1.165, 1.54) is 29.7 Å². The standard InChI is InChI=1S/C9H9ClN4O2S2/c1-2-8-12-13-9(17-8)14-18(15,16)6-3-4-7(10)11-5-6/h3-5H,2H2,1H3,(H,13,14). The predicted molar refractivity (Wildman–Crippen MR) is 69.3 cm³/mol. The number of rotatable bonds is 4. The first kappa shape index (κ1) is 13.2. The Bertz CT molecular complexity index is 639. The zero-order valence-corrected chi connectivity index (χ0v) is 11.7. The number of hydrogen-bond acceptors (Lipinski definition) is 6. The number of pyridine rings is 1. The average Bonchev–Trinajstić information content (AvgIpc) is 2.76. The minimum Gasteiger partial charge on any atom is -0.253 e. The van der Waals surface area contributed by atoms with Crippen LogP contribution in [0.5, 0.6) is 0 Å². The molecule has 2 heterocycles. The SMILES string of the molecule is CCc1nnc(NS(=O)(=O)c2ccc(Cl)nc2)s1. The Hall–Kier alpha value is -1.25. The molecule has 6 nitrogen and oxygen atoms in total. The van der Waals surface area contributed by atoms with Crippen molar-refractivity contribution < 1.29 is 8.42 Å². The van der Waals surface area contributed by atoms with Gasteiger partial charge in [0.1, 0.15) is 15.1 Å². The highest BCUT2D eigenvalue weighted by molar-refractivity contribution is 7.93. The lowest BCUT2D eigenvalue weighted by atomic mass is 10.5. The molecule has 2 aromatic heterocycles. The Labute approximate surface area is 113 Å². The molecule has 18 heavy (non-hydrogen) atoms. The Balaban J connectivity index is 2.24. The zero-order chi connectivity index (χ0) is 13.2. The first-order chi connectivity index (χ1) is 8.51. The van der Waals surface area contributed by atoms with Gasteiger partial charge < -0.3 is 0 Å². The molecule has 0 saturated carbocycles. The van der Waals surface area contributed by atoms with Crippen molar-refractivity contribution in [2.75, 3.05) is 4.72 Å². The van der Waals surface area contributed by atoms with Crippen molar-refractivity contribution in [3.63, 3.8) is 0 Å². The zero-order valence-electron chi connectivity index (χ0n) is 9.29. The highest BCUT2D eigenvalue weighted by Gasteiger charge is 2.16. The first-order valence-corrected chi connectivity index (χ1v) is 7.66. The average molecular weight is 305 g/mol. The van der Waals surface area contributed by atoms with Crippen molar-refractivity contribution in [3.8, 4) is 0 Å². The van der Waals surface area contributed by atoms with Crippen LogP contribution in [0.3, 0.4) is 0 Å². The second kappa shape index (κ2) is 5.17. The number of anilines is 1. The quantitative estimate of drug-likeness (QED) is 0.873. The Morgan fingerprint density at radius 3 is 2.72 bits per heavy atom. The van der Waals surface area contributed by atoms with Crippen LogP contribution in [0.2, 0.25) is 5.15 Å². The minimum absolute atomic E-state index is 0.0279. The highest BCUT2D eigenvalue weighted by Crippen LogP contribution is 2.20. The molecule has 9 heteroatoms. The summed E-state index contributed by atoms with van der Waals surface area (Å²) >= 11 is 6.80. The first-order valence-electron chi connectivity index (χ1n) is 4.98. The summed E-state index contributed by atoms with van der Waals surface area (Å²) < 4.78 is 26.3. The van der Waals surface area contributed by atoms with Gasteiger partial charge in [0.05, 0.1) is 0 Å². The molecule has 0 saturated heterocycles. The molecule has 0 unspecified atom stereocenters. The van der Waals surface area contributed by atoms with E-state index in [9.17, 15) is 8.42 Å². The van der Waals surface area contributed by atoms with Gasteiger partial charge in [0.25, 0.3) is 10.0 Å². The number of hydrogen-bond donors (Lipinski definition) is 1. The van der Waals surface area contributed by atoms with E-state index >= 15 is 0 Å². The number of aryl methyl sites for hydroxylation is 1. The monoisotopic (exact) mass is 304 g/mol. The van der Waals surface area contributed by atoms with Crippen molar-refractivity contribution in [2.24, 2.45) is 0 Å². The van der Waals surface area contributed by atoms with Crippen molar-refractivity contribution in [1.82, 2.24) is 15.2 Å². The van der Waals surface area contributed by atoms with Gasteiger partial charge in [-0.05, 0) is 18.6 Å². The van der Waals surface area contributed by atoms with E-state index in [-0.39, 0.29) is 15.2 Å². The van der Waals surface area contributed by atoms with Gasteiger partial charge in [-0.15, -0.1) is 10.2 Å². The van der Waals surface area contributed by atoms with Gasteiger partial charge in [-0.3, -0.25) is 4.72 Å². The molecular formula is C9H9ClN4O2S2. The minimum atomic E-state index is -3.69. The van der Waals surface area contributed by atoms with E-state index in [2.05, 4.69) is 19.9 Å². The summed E-state index contributed by atoms with van der Waals surface area (Å²) in [7, 11) is -3.69. The van der Waals surface area contributed by atoms with Crippen LogP contribution in [0, 0.1) is 0 Å². The van der Waals surface area contributed by atoms with E-state index in [1.807, 2.05) is 6.92 Å². The van der Waals surface area contributed by atoms with E-state index in [1.54, 1.807) is 0 Å². The topological polar surface area (TPSA) is 84.8 Å². The largest absolute Gasteiger partial charge is 0.265 e. The van der Waals surface area contributed by atoms with Gasteiger partial charge in [-0.2, -0.15) is 0 Å². The van der Waals surface area contributed by atoms with Crippen molar-refractivity contribution in [1.29, 1.82) is 0 Å². The normalized spacial score (nSPS) is 11.4. The summed E-state index contributed by atoms with van der Waals surface area (Å²) in [6.45, 7) is 1.92. The van der Waals surface area contributed by atoms with Crippen LogP contribution >= 0.6 is 22.9 Å². The lowest BCUT2D eigenvalue weighted by Crippen LogP contribution is -2.12. The third kappa shape index (κ3) is 2.95. The molecule has 1 N–H and O–H groups in total. The molecule has 0 aromatic carbocycles. The molecule has 0 radical (unpaired) electrons. The lowest BCUT2D eigenvalue weighted by molar-refractivity contribution is 0.600. The van der Waals surface area contributed by atoms with Crippen LogP contribution in [0.4, 0.5) is 5.13 Å². The summed E-state index contributed by atoms with van der Waals surface area (Å²) in [5.74, 6) is 0. The van der Waals surface area contributed by atoms with Gasteiger partial charge in [0, 0.05) is 6.20 Å². The summed E-state index contributed by atoms with van der Waals surface area (Å²) in [6, 6.07) is 2.78. The second-order valence-corrected chi connectivity index (χ2v) is 6.41. The molecule has 0 spiro atoms. The maximum absolute atomic E-state index is 12.0. The Morgan fingerprint density at radius 2 is 2.17 bits per heavy atom. The molecule has 0 fully saturated rings. The van der Waals surface area contributed by atoms with Gasteiger partial charge in [-0.25, -0.2) is 13.4 Å². The molecule has 2 rings (SSSR count). The Morgan fingerprint density at radius 1 is 1.39 bits per heavy atom. The van der Waals surface area contributed by atoms with E-state index < -0.39 is 10.0 Å². The fraction of sp³-hybridized carbons (Fsp3) is 0.222. The number of nitrogens with zero attached hydrogens (tertiary/aromatic N) is 3. The fourth-order valence-corrected chi connectivity index (χ4v) is 3.10. The number of nitrogens with one attached hydrogen (secondary N) is 1. The molecule has 0 aliphatic carbocycles. The third-order valence-electron chi connectivity index (χ3n) is 2.00. The lowest BCUT2D eigenvalue weighted by Gasteiger charge is -2.03. The van der Waals surface area contributed by atoms with Crippen LogP contribution in [0.1, 0.15) is 11.9 Å². The van der Waals surface area contributed by atoms with Crippen molar-refractivity contribution in [2.45, 2.75) is 18.2 Å². The van der Waals surface area contributed by atoms with E-state index in [0.29, 0.717) is 6.42 Å². The van der Waals surface area contributed by atoms with Crippen LogP contribution in [0.25, 0.3) is 0 Å². The molecule has 0 amide bonds. The van der Waals surface area contributed by atoms with Gasteiger partial charge in [-0.1, -0.05) is 29.9 Å². The smallest absolute Gasteiger partial charge is 0.253 e. The van der Waals surface area contributed by atoms with Crippen LogP contribution in [-0.4, -0.2) is 23.6 Å². The number of sulfonamides is 1. The van der Waals surface area contributed by atoms with Crippen molar-refractivity contribution >= 4 is 38.1 Å². The summed E-state index contributed by atoms with van der Waals surface area (Å²) in [5.41, 5.74) is 0. The molecule has 0 bridgehead atoms. The third-order valence-corrected chi connectivity index (χ3v) is 4.66. The molecular weight excluding hydrogens is 296 g/mol. The van der Waals surface area contributed by atoms with Crippen LogP contribution in [-0.2, 0) is 16.4 Å². The fourth-order valence-electron chi connectivity index (χ4n) is 1.13. The maximum atomic E-state index is 12.0. The summed E-state index contributed by atoms with van der Waals surface area (Å²) in [5, 5.41) is 8.82. The molecule has 0 aliphatic heterocycles. The second-order valence-electron chi connectivity index (χ2n) is 3.28. The van der Waals surface area contributed by atoms with Gasteiger partial charge in [0.15, 0.2) is 0 Å². The number of aromatic nitrogens is 3. The van der Waals surface area contributed by atoms with Crippen molar-refractivity contribution in [3.05, 3.63) is 28.5 Å². The highest BCUT2D eigenvalue weighted by atomic mass is 35.5. The van der Waals surface area contributed by atoms with Gasteiger partial charge >= 0.3 is 0 Å². The molecule has 0 atom stereocenters. The number of halogens is 1.